The lowest BCUT2D eigenvalue weighted by Crippen LogP contribution is -2.36. The summed E-state index contributed by atoms with van der Waals surface area (Å²) < 4.78 is 17.0. The van der Waals surface area contributed by atoms with Crippen LogP contribution in [0.2, 0.25) is 0 Å². The molecule has 0 saturated heterocycles. The Morgan fingerprint density at radius 2 is 1.64 bits per heavy atom. The summed E-state index contributed by atoms with van der Waals surface area (Å²) in [7, 11) is 7.12. The van der Waals surface area contributed by atoms with E-state index in [1.54, 1.807) is 38.5 Å². The minimum atomic E-state index is -1.18. The molecule has 220 valence electrons. The number of rotatable bonds is 12. The van der Waals surface area contributed by atoms with Gasteiger partial charge in [-0.05, 0) is 93.2 Å². The minimum absolute atomic E-state index is 0.196. The van der Waals surface area contributed by atoms with Crippen LogP contribution in [0, 0.1) is 13.8 Å². The average Bonchev–Trinajstić information content (AvgIpc) is 2.97. The van der Waals surface area contributed by atoms with Crippen LogP contribution in [0.25, 0.3) is 0 Å². The van der Waals surface area contributed by atoms with Gasteiger partial charge in [-0.15, -0.1) is 0 Å². The Labute approximate surface area is 246 Å². The molecule has 1 aromatic heterocycles. The predicted molar refractivity (Wildman–Crippen MR) is 164 cm³/mol. The lowest BCUT2D eigenvalue weighted by atomic mass is 9.89. The number of carboxylic acid groups (broad SMARTS) is 1. The summed E-state index contributed by atoms with van der Waals surface area (Å²) in [5.41, 5.74) is 4.03. The molecule has 1 unspecified atom stereocenters. The highest BCUT2D eigenvalue weighted by molar-refractivity contribution is 5.87. The van der Waals surface area contributed by atoms with Crippen LogP contribution >= 0.6 is 0 Å². The number of amides is 1. The van der Waals surface area contributed by atoms with E-state index in [4.69, 9.17) is 14.2 Å². The lowest BCUT2D eigenvalue weighted by molar-refractivity contribution is 0.199. The second-order valence-electron chi connectivity index (χ2n) is 10.0. The second kappa shape index (κ2) is 13.7. The minimum Gasteiger partial charge on any atom is -0.497 e. The van der Waals surface area contributed by atoms with Crippen molar-refractivity contribution in [1.82, 2.24) is 14.9 Å². The molecule has 2 N–H and O–H groups in total. The zero-order chi connectivity index (χ0) is 30.2. The number of methoxy groups -OCH3 is 2. The van der Waals surface area contributed by atoms with Crippen LogP contribution in [-0.4, -0.2) is 67.5 Å². The van der Waals surface area contributed by atoms with Gasteiger partial charge in [-0.2, -0.15) is 4.98 Å². The molecule has 0 aliphatic heterocycles. The fraction of sp³-hybridized carbons (Fsp3) is 0.281. The number of benzene rings is 3. The van der Waals surface area contributed by atoms with Crippen LogP contribution in [0.5, 0.6) is 17.2 Å². The molecule has 42 heavy (non-hydrogen) atoms. The number of anilines is 3. The van der Waals surface area contributed by atoms with Gasteiger partial charge in [0.25, 0.3) is 0 Å². The Balaban J connectivity index is 1.74. The maximum atomic E-state index is 13.1. The van der Waals surface area contributed by atoms with Gasteiger partial charge in [-0.25, -0.2) is 14.7 Å². The topological polar surface area (TPSA) is 109 Å². The Bertz CT molecular complexity index is 1490. The van der Waals surface area contributed by atoms with Gasteiger partial charge in [0.05, 0.1) is 20.3 Å². The van der Waals surface area contributed by atoms with Gasteiger partial charge in [0, 0.05) is 24.0 Å². The molecule has 10 heteroatoms. The number of hydrogen-bond donors (Lipinski definition) is 2. The maximum Gasteiger partial charge on any atom is 0.413 e. The van der Waals surface area contributed by atoms with E-state index in [1.807, 2.05) is 70.4 Å². The van der Waals surface area contributed by atoms with Crippen molar-refractivity contribution in [2.24, 2.45) is 0 Å². The van der Waals surface area contributed by atoms with Crippen LogP contribution in [0.15, 0.2) is 72.9 Å². The van der Waals surface area contributed by atoms with Crippen molar-refractivity contribution >= 4 is 23.5 Å². The summed E-state index contributed by atoms with van der Waals surface area (Å²) in [5.74, 6) is 2.29. The molecular weight excluding hydrogens is 534 g/mol. The van der Waals surface area contributed by atoms with Crippen molar-refractivity contribution in [2.45, 2.75) is 19.9 Å². The number of ether oxygens (including phenoxy) is 3. The quantitative estimate of drug-likeness (QED) is 0.209. The zero-order valence-electron chi connectivity index (χ0n) is 24.8. The van der Waals surface area contributed by atoms with Gasteiger partial charge < -0.3 is 29.5 Å². The Morgan fingerprint density at radius 1 is 0.952 bits per heavy atom. The van der Waals surface area contributed by atoms with E-state index >= 15 is 0 Å². The first-order chi connectivity index (χ1) is 20.2. The molecule has 0 aliphatic carbocycles. The summed E-state index contributed by atoms with van der Waals surface area (Å²) in [6.45, 7) is 5.31. The number of carbonyl (C=O) groups is 1. The molecule has 1 amide bonds. The summed E-state index contributed by atoms with van der Waals surface area (Å²) >= 11 is 0. The molecular formula is C32H37N5O5. The molecule has 0 saturated carbocycles. The molecule has 0 spiro atoms. The molecule has 4 rings (SSSR count). The number of nitrogens with one attached hydrogen (secondary N) is 1. The highest BCUT2D eigenvalue weighted by Crippen LogP contribution is 2.41. The summed E-state index contributed by atoms with van der Waals surface area (Å²) in [6.07, 6.45) is 0.348. The van der Waals surface area contributed by atoms with Gasteiger partial charge >= 0.3 is 6.09 Å². The van der Waals surface area contributed by atoms with Crippen LogP contribution in [0.1, 0.15) is 28.3 Å². The number of nitrogens with zero attached hydrogens (tertiary/aromatic N) is 4. The van der Waals surface area contributed by atoms with E-state index in [9.17, 15) is 9.90 Å². The second-order valence-corrected chi connectivity index (χ2v) is 10.0. The van der Waals surface area contributed by atoms with Crippen LogP contribution in [0.4, 0.5) is 22.2 Å². The normalized spacial score (nSPS) is 11.6. The third-order valence-corrected chi connectivity index (χ3v) is 6.82. The Morgan fingerprint density at radius 3 is 2.26 bits per heavy atom. The highest BCUT2D eigenvalue weighted by Gasteiger charge is 2.34. The van der Waals surface area contributed by atoms with E-state index in [1.165, 1.54) is 11.1 Å². The SMILES string of the molecule is COc1ccc(OC)c(C(c2c(C)cccc2C)N(C(=O)O)c2ccnc(Nc3ccc(OCCN(C)C)cc3)n2)c1. The maximum absolute atomic E-state index is 13.1. The molecule has 10 nitrogen and oxygen atoms in total. The first kappa shape index (κ1) is 30.1. The number of aryl methyl sites for hydroxylation is 2. The van der Waals surface area contributed by atoms with E-state index in [0.717, 1.165) is 34.7 Å². The predicted octanol–water partition coefficient (Wildman–Crippen LogP) is 6.07. The number of aromatic nitrogens is 2. The zero-order valence-corrected chi connectivity index (χ0v) is 24.8. The summed E-state index contributed by atoms with van der Waals surface area (Å²) in [5, 5.41) is 13.8. The van der Waals surface area contributed by atoms with Gasteiger partial charge in [-0.3, -0.25) is 0 Å². The molecule has 0 fully saturated rings. The van der Waals surface area contributed by atoms with Crippen molar-refractivity contribution in [3.63, 3.8) is 0 Å². The van der Waals surface area contributed by atoms with Crippen LogP contribution < -0.4 is 24.4 Å². The first-order valence-electron chi connectivity index (χ1n) is 13.5. The monoisotopic (exact) mass is 571 g/mol. The summed E-state index contributed by atoms with van der Waals surface area (Å²) in [6, 6.07) is 19.4. The van der Waals surface area contributed by atoms with E-state index in [2.05, 4.69) is 20.2 Å². The fourth-order valence-corrected chi connectivity index (χ4v) is 4.73. The van der Waals surface area contributed by atoms with Crippen molar-refractivity contribution in [1.29, 1.82) is 0 Å². The van der Waals surface area contributed by atoms with Crippen LogP contribution in [0.3, 0.4) is 0 Å². The van der Waals surface area contributed by atoms with Gasteiger partial charge in [0.1, 0.15) is 29.7 Å². The lowest BCUT2D eigenvalue weighted by Gasteiger charge is -2.32. The van der Waals surface area contributed by atoms with Crippen molar-refractivity contribution in [3.8, 4) is 17.2 Å². The van der Waals surface area contributed by atoms with Crippen molar-refractivity contribution in [3.05, 3.63) is 95.2 Å². The Kier molecular flexibility index (Phi) is 9.82. The third-order valence-electron chi connectivity index (χ3n) is 6.82. The molecule has 0 radical (unpaired) electrons. The molecule has 3 aromatic carbocycles. The van der Waals surface area contributed by atoms with Crippen LogP contribution in [-0.2, 0) is 0 Å². The standard InChI is InChI=1S/C32H37N5O5/c1-21-8-7-9-22(2)29(21)30(26-20-25(40-5)14-15-27(26)41-6)37(32(38)39)28-16-17-33-31(35-28)34-23-10-12-24(13-11-23)42-19-18-36(3)4/h7-17,20,30H,18-19H2,1-6H3,(H,38,39)(H,33,34,35). The van der Waals surface area contributed by atoms with Crippen molar-refractivity contribution < 1.29 is 24.1 Å². The van der Waals surface area contributed by atoms with E-state index in [0.29, 0.717) is 23.7 Å². The molecule has 1 atom stereocenters. The molecule has 1 heterocycles. The third kappa shape index (κ3) is 7.08. The van der Waals surface area contributed by atoms with Gasteiger partial charge in [-0.1, -0.05) is 18.2 Å². The molecule has 4 aromatic rings. The highest BCUT2D eigenvalue weighted by atomic mass is 16.5. The van der Waals surface area contributed by atoms with Gasteiger partial charge in [0.2, 0.25) is 5.95 Å². The van der Waals surface area contributed by atoms with Gasteiger partial charge in [0.15, 0.2) is 0 Å². The largest absolute Gasteiger partial charge is 0.497 e. The number of hydrogen-bond acceptors (Lipinski definition) is 8. The Hall–Kier alpha value is -4.83. The molecule has 0 aliphatic rings. The smallest absolute Gasteiger partial charge is 0.413 e. The first-order valence-corrected chi connectivity index (χ1v) is 13.5. The molecule has 0 bridgehead atoms. The van der Waals surface area contributed by atoms with Crippen molar-refractivity contribution in [2.75, 3.05) is 51.7 Å². The van der Waals surface area contributed by atoms with E-state index < -0.39 is 12.1 Å². The fourth-order valence-electron chi connectivity index (χ4n) is 4.73. The number of likely N-dealkylation sites (N-methyl/N-ethyl adjacent to an activating group) is 1. The average molecular weight is 572 g/mol. The van der Waals surface area contributed by atoms with E-state index in [-0.39, 0.29) is 11.8 Å². The summed E-state index contributed by atoms with van der Waals surface area (Å²) in [4.78, 5) is 25.3.